The summed E-state index contributed by atoms with van der Waals surface area (Å²) in [5.74, 6) is 0.0917. The summed E-state index contributed by atoms with van der Waals surface area (Å²) in [7, 11) is 0. The molecule has 0 atom stereocenters. The van der Waals surface area contributed by atoms with Crippen LogP contribution in [0.5, 0.6) is 5.75 Å². The lowest BCUT2D eigenvalue weighted by Gasteiger charge is -1.99. The van der Waals surface area contributed by atoms with Crippen molar-refractivity contribution >= 4 is 5.69 Å². The van der Waals surface area contributed by atoms with Crippen LogP contribution < -0.4 is 0 Å². The third-order valence-electron chi connectivity index (χ3n) is 2.18. The highest BCUT2D eigenvalue weighted by Gasteiger charge is 2.16. The maximum absolute atomic E-state index is 10.6. The number of benzene rings is 1. The average molecular weight is 220 g/mol. The molecule has 1 aromatic carbocycles. The number of nitro benzene ring substituents is 1. The minimum absolute atomic E-state index is 0.353. The Morgan fingerprint density at radius 2 is 2.25 bits per heavy atom. The molecule has 6 nitrogen and oxygen atoms in total. The SMILES string of the molecule is Cc1cnoc1-c1ccc(O)c([N+](=O)[O-])c1. The fourth-order valence-corrected chi connectivity index (χ4v) is 1.38. The molecule has 0 spiro atoms. The number of hydrogen-bond donors (Lipinski definition) is 1. The largest absolute Gasteiger partial charge is 0.502 e. The van der Waals surface area contributed by atoms with Crippen LogP contribution in [-0.2, 0) is 0 Å². The first kappa shape index (κ1) is 10.2. The van der Waals surface area contributed by atoms with Gasteiger partial charge in [0.1, 0.15) is 0 Å². The van der Waals surface area contributed by atoms with Crippen molar-refractivity contribution in [1.82, 2.24) is 5.16 Å². The van der Waals surface area contributed by atoms with Crippen molar-refractivity contribution in [1.29, 1.82) is 0 Å². The highest BCUT2D eigenvalue weighted by Crippen LogP contribution is 2.32. The van der Waals surface area contributed by atoms with Crippen molar-refractivity contribution < 1.29 is 14.6 Å². The average Bonchev–Trinajstić information content (AvgIpc) is 2.65. The van der Waals surface area contributed by atoms with E-state index in [9.17, 15) is 15.2 Å². The van der Waals surface area contributed by atoms with Crippen molar-refractivity contribution in [2.45, 2.75) is 6.92 Å². The van der Waals surface area contributed by atoms with Crippen LogP contribution in [0.2, 0.25) is 0 Å². The Hall–Kier alpha value is -2.37. The molecule has 82 valence electrons. The molecule has 2 aromatic rings. The molecular formula is C10H8N2O4. The van der Waals surface area contributed by atoms with E-state index in [-0.39, 0.29) is 11.4 Å². The monoisotopic (exact) mass is 220 g/mol. The summed E-state index contributed by atoms with van der Waals surface area (Å²) in [6.45, 7) is 1.78. The van der Waals surface area contributed by atoms with E-state index in [2.05, 4.69) is 5.16 Å². The molecular weight excluding hydrogens is 212 g/mol. The number of phenolic OH excluding ortho intramolecular Hbond substituents is 1. The molecule has 0 aliphatic carbocycles. The number of aromatic nitrogens is 1. The Bertz CT molecular complexity index is 548. The summed E-state index contributed by atoms with van der Waals surface area (Å²) < 4.78 is 4.97. The van der Waals surface area contributed by atoms with E-state index in [1.54, 1.807) is 6.92 Å². The predicted octanol–water partition coefficient (Wildman–Crippen LogP) is 2.26. The second-order valence-electron chi connectivity index (χ2n) is 3.30. The Balaban J connectivity index is 2.56. The van der Waals surface area contributed by atoms with Gasteiger partial charge in [-0.05, 0) is 19.1 Å². The zero-order chi connectivity index (χ0) is 11.7. The highest BCUT2D eigenvalue weighted by atomic mass is 16.6. The minimum atomic E-state index is -0.648. The van der Waals surface area contributed by atoms with E-state index in [1.165, 1.54) is 24.4 Å². The zero-order valence-electron chi connectivity index (χ0n) is 8.38. The van der Waals surface area contributed by atoms with Crippen molar-refractivity contribution in [3.63, 3.8) is 0 Å². The van der Waals surface area contributed by atoms with Crippen molar-refractivity contribution in [2.75, 3.05) is 0 Å². The molecule has 6 heteroatoms. The van der Waals surface area contributed by atoms with Gasteiger partial charge in [-0.2, -0.15) is 0 Å². The van der Waals surface area contributed by atoms with Crippen LogP contribution in [-0.4, -0.2) is 15.2 Å². The minimum Gasteiger partial charge on any atom is -0.502 e. The van der Waals surface area contributed by atoms with Crippen LogP contribution >= 0.6 is 0 Å². The standard InChI is InChI=1S/C10H8N2O4/c1-6-5-11-16-10(6)7-2-3-9(13)8(4-7)12(14)15/h2-5,13H,1H3. The molecule has 2 rings (SSSR count). The second kappa shape index (κ2) is 3.65. The third-order valence-corrected chi connectivity index (χ3v) is 2.18. The number of rotatable bonds is 2. The molecule has 0 aliphatic rings. The van der Waals surface area contributed by atoms with Crippen LogP contribution in [0.4, 0.5) is 5.69 Å². The quantitative estimate of drug-likeness (QED) is 0.619. The summed E-state index contributed by atoms with van der Waals surface area (Å²) in [5, 5.41) is 23.5. The first-order chi connectivity index (χ1) is 7.59. The van der Waals surface area contributed by atoms with Gasteiger partial charge < -0.3 is 9.63 Å². The topological polar surface area (TPSA) is 89.4 Å². The summed E-state index contributed by atoms with van der Waals surface area (Å²) in [4.78, 5) is 9.98. The van der Waals surface area contributed by atoms with Gasteiger partial charge in [-0.1, -0.05) is 5.16 Å². The second-order valence-corrected chi connectivity index (χ2v) is 3.30. The number of aryl methyl sites for hydroxylation is 1. The van der Waals surface area contributed by atoms with Crippen LogP contribution in [0, 0.1) is 17.0 Å². The molecule has 0 unspecified atom stereocenters. The normalized spacial score (nSPS) is 10.3. The summed E-state index contributed by atoms with van der Waals surface area (Å²) >= 11 is 0. The fraction of sp³-hybridized carbons (Fsp3) is 0.100. The highest BCUT2D eigenvalue weighted by molar-refractivity contribution is 5.66. The number of phenols is 1. The van der Waals surface area contributed by atoms with Crippen LogP contribution in [0.15, 0.2) is 28.9 Å². The van der Waals surface area contributed by atoms with Gasteiger partial charge in [0.25, 0.3) is 0 Å². The molecule has 1 N–H and O–H groups in total. The summed E-state index contributed by atoms with van der Waals surface area (Å²) in [6, 6.07) is 4.05. The zero-order valence-corrected chi connectivity index (χ0v) is 8.38. The van der Waals surface area contributed by atoms with E-state index in [0.29, 0.717) is 11.3 Å². The number of hydrogen-bond acceptors (Lipinski definition) is 5. The van der Waals surface area contributed by atoms with Gasteiger partial charge in [0.05, 0.1) is 11.1 Å². The molecule has 0 saturated carbocycles. The maximum atomic E-state index is 10.6. The van der Waals surface area contributed by atoms with E-state index < -0.39 is 4.92 Å². The van der Waals surface area contributed by atoms with E-state index >= 15 is 0 Å². The Labute approximate surface area is 90.3 Å². The van der Waals surface area contributed by atoms with E-state index in [1.807, 2.05) is 0 Å². The van der Waals surface area contributed by atoms with Gasteiger partial charge in [-0.15, -0.1) is 0 Å². The molecule has 0 saturated heterocycles. The van der Waals surface area contributed by atoms with Crippen molar-refractivity contribution in [3.8, 4) is 17.1 Å². The maximum Gasteiger partial charge on any atom is 0.311 e. The molecule has 1 heterocycles. The lowest BCUT2D eigenvalue weighted by Crippen LogP contribution is -1.89. The molecule has 16 heavy (non-hydrogen) atoms. The van der Waals surface area contributed by atoms with Gasteiger partial charge in [0.2, 0.25) is 0 Å². The molecule has 0 aliphatic heterocycles. The van der Waals surface area contributed by atoms with Gasteiger partial charge in [0.15, 0.2) is 11.5 Å². The van der Waals surface area contributed by atoms with E-state index in [4.69, 9.17) is 4.52 Å². The molecule has 0 radical (unpaired) electrons. The third kappa shape index (κ3) is 1.60. The van der Waals surface area contributed by atoms with Crippen molar-refractivity contribution in [3.05, 3.63) is 40.1 Å². The van der Waals surface area contributed by atoms with Crippen LogP contribution in [0.3, 0.4) is 0 Å². The lowest BCUT2D eigenvalue weighted by atomic mass is 10.1. The smallest absolute Gasteiger partial charge is 0.311 e. The first-order valence-electron chi connectivity index (χ1n) is 4.48. The molecule has 1 aromatic heterocycles. The predicted molar refractivity (Wildman–Crippen MR) is 55.0 cm³/mol. The lowest BCUT2D eigenvalue weighted by molar-refractivity contribution is -0.385. The van der Waals surface area contributed by atoms with Gasteiger partial charge in [0, 0.05) is 17.2 Å². The summed E-state index contributed by atoms with van der Waals surface area (Å²) in [6.07, 6.45) is 1.52. The Morgan fingerprint density at radius 1 is 1.50 bits per heavy atom. The Kier molecular flexibility index (Phi) is 2.32. The molecule has 0 bridgehead atoms. The number of nitrogens with zero attached hydrogens (tertiary/aromatic N) is 2. The van der Waals surface area contributed by atoms with Crippen molar-refractivity contribution in [2.24, 2.45) is 0 Å². The Morgan fingerprint density at radius 3 is 2.81 bits per heavy atom. The van der Waals surface area contributed by atoms with Crippen LogP contribution in [0.1, 0.15) is 5.56 Å². The van der Waals surface area contributed by atoms with Gasteiger partial charge in [-0.3, -0.25) is 10.1 Å². The number of aromatic hydroxyl groups is 1. The summed E-state index contributed by atoms with van der Waals surface area (Å²) in [5.41, 5.74) is 0.938. The van der Waals surface area contributed by atoms with Gasteiger partial charge in [-0.25, -0.2) is 0 Å². The first-order valence-corrected chi connectivity index (χ1v) is 4.48. The molecule has 0 amide bonds. The fourth-order valence-electron chi connectivity index (χ4n) is 1.38. The van der Waals surface area contributed by atoms with Gasteiger partial charge >= 0.3 is 5.69 Å². The van der Waals surface area contributed by atoms with Crippen LogP contribution in [0.25, 0.3) is 11.3 Å². The number of nitro groups is 1. The molecule has 0 fully saturated rings. The van der Waals surface area contributed by atoms with E-state index in [0.717, 1.165) is 5.56 Å².